The lowest BCUT2D eigenvalue weighted by molar-refractivity contribution is 0.356. The summed E-state index contributed by atoms with van der Waals surface area (Å²) in [5.41, 5.74) is 6.82. The Bertz CT molecular complexity index is 1080. The number of nitrogens with one attached hydrogen (secondary N) is 1. The van der Waals surface area contributed by atoms with Gasteiger partial charge in [-0.1, -0.05) is 12.1 Å². The third-order valence-corrected chi connectivity index (χ3v) is 5.21. The van der Waals surface area contributed by atoms with Crippen LogP contribution in [0.5, 0.6) is 5.75 Å². The Labute approximate surface area is 163 Å². The van der Waals surface area contributed by atoms with Crippen LogP contribution in [0.2, 0.25) is 0 Å². The lowest BCUT2D eigenvalue weighted by Gasteiger charge is -2.12. The van der Waals surface area contributed by atoms with Crippen molar-refractivity contribution in [2.45, 2.75) is 26.2 Å². The summed E-state index contributed by atoms with van der Waals surface area (Å²) >= 11 is 0. The second-order valence-corrected chi connectivity index (χ2v) is 7.24. The molecule has 2 heterocycles. The monoisotopic (exact) mass is 373 g/mol. The fourth-order valence-electron chi connectivity index (χ4n) is 3.59. The molecule has 0 radical (unpaired) electrons. The number of ether oxygens (including phenoxy) is 1. The highest BCUT2D eigenvalue weighted by atomic mass is 19.1. The molecule has 5 rings (SSSR count). The van der Waals surface area contributed by atoms with Crippen molar-refractivity contribution < 1.29 is 9.13 Å². The molecule has 4 nitrogen and oxygen atoms in total. The molecule has 1 N–H and O–H groups in total. The van der Waals surface area contributed by atoms with Gasteiger partial charge in [0.15, 0.2) is 0 Å². The van der Waals surface area contributed by atoms with Crippen molar-refractivity contribution in [1.29, 1.82) is 0 Å². The van der Waals surface area contributed by atoms with Crippen molar-refractivity contribution in [3.63, 3.8) is 0 Å². The maximum atomic E-state index is 14.2. The van der Waals surface area contributed by atoms with Gasteiger partial charge in [0.25, 0.3) is 0 Å². The van der Waals surface area contributed by atoms with Gasteiger partial charge in [0, 0.05) is 23.2 Å². The minimum Gasteiger partial charge on any atom is -0.493 e. The predicted molar refractivity (Wildman–Crippen MR) is 108 cm³/mol. The average Bonchev–Trinajstić information content (AvgIpc) is 3.45. The number of hydrogen-bond acceptors (Lipinski definition) is 4. The maximum absolute atomic E-state index is 14.2. The first kappa shape index (κ1) is 16.9. The summed E-state index contributed by atoms with van der Waals surface area (Å²) in [6, 6.07) is 11.0. The third kappa shape index (κ3) is 3.13. The van der Waals surface area contributed by atoms with Crippen molar-refractivity contribution in [1.82, 2.24) is 9.97 Å². The second kappa shape index (κ2) is 6.75. The maximum Gasteiger partial charge on any atom is 0.148 e. The van der Waals surface area contributed by atoms with Gasteiger partial charge in [-0.25, -0.2) is 9.37 Å². The number of rotatable bonds is 4. The zero-order valence-electron chi connectivity index (χ0n) is 15.6. The van der Waals surface area contributed by atoms with Crippen molar-refractivity contribution in [3.8, 4) is 17.0 Å². The van der Waals surface area contributed by atoms with Crippen LogP contribution in [0.1, 0.15) is 29.5 Å². The number of benzene rings is 2. The summed E-state index contributed by atoms with van der Waals surface area (Å²) < 4.78 is 19.9. The summed E-state index contributed by atoms with van der Waals surface area (Å²) in [4.78, 5) is 9.14. The summed E-state index contributed by atoms with van der Waals surface area (Å²) in [6.07, 6.45) is 6.37. The highest BCUT2D eigenvalue weighted by Gasteiger charge is 2.22. The van der Waals surface area contributed by atoms with Crippen LogP contribution in [0.25, 0.3) is 17.0 Å². The van der Waals surface area contributed by atoms with E-state index in [9.17, 15) is 4.39 Å². The van der Waals surface area contributed by atoms with Crippen LogP contribution in [0.3, 0.4) is 0 Å². The minimum absolute atomic E-state index is 0.232. The molecule has 0 saturated heterocycles. The van der Waals surface area contributed by atoms with Gasteiger partial charge in [0.1, 0.15) is 17.4 Å². The molecule has 28 heavy (non-hydrogen) atoms. The number of hydrogen-bond donors (Lipinski definition) is 1. The highest BCUT2D eigenvalue weighted by molar-refractivity contribution is 5.80. The molecule has 0 unspecified atom stereocenters. The van der Waals surface area contributed by atoms with Gasteiger partial charge in [0.2, 0.25) is 0 Å². The molecule has 2 aromatic carbocycles. The Morgan fingerprint density at radius 2 is 1.93 bits per heavy atom. The molecular weight excluding hydrogens is 353 g/mol. The number of nitrogens with zero attached hydrogens (tertiary/aromatic N) is 2. The van der Waals surface area contributed by atoms with Crippen LogP contribution in [0.4, 0.5) is 10.2 Å². The normalized spacial score (nSPS) is 14.4. The van der Waals surface area contributed by atoms with Crippen LogP contribution in [0, 0.1) is 12.7 Å². The first-order chi connectivity index (χ1) is 13.7. The van der Waals surface area contributed by atoms with Crippen molar-refractivity contribution in [2.24, 2.45) is 0 Å². The Hall–Kier alpha value is -3.21. The van der Waals surface area contributed by atoms with E-state index >= 15 is 0 Å². The number of anilines is 1. The molecular formula is C23H20FN3O. The van der Waals surface area contributed by atoms with Gasteiger partial charge in [0.05, 0.1) is 24.7 Å². The Kier molecular flexibility index (Phi) is 4.08. The van der Waals surface area contributed by atoms with E-state index in [0.29, 0.717) is 11.4 Å². The molecule has 1 aliphatic carbocycles. The molecule has 1 saturated carbocycles. The molecule has 140 valence electrons. The van der Waals surface area contributed by atoms with Gasteiger partial charge in [-0.05, 0) is 60.7 Å². The molecule has 0 spiro atoms. The van der Waals surface area contributed by atoms with Crippen LogP contribution < -0.4 is 10.1 Å². The number of aryl methyl sites for hydroxylation is 1. The van der Waals surface area contributed by atoms with Gasteiger partial charge in [-0.15, -0.1) is 0 Å². The van der Waals surface area contributed by atoms with E-state index in [1.54, 1.807) is 24.5 Å². The molecule has 1 aromatic heterocycles. The zero-order valence-corrected chi connectivity index (χ0v) is 15.6. The lowest BCUT2D eigenvalue weighted by atomic mass is 10.0. The fraction of sp³-hybridized carbons (Fsp3) is 0.217. The largest absolute Gasteiger partial charge is 0.493 e. The lowest BCUT2D eigenvalue weighted by Crippen LogP contribution is -2.04. The van der Waals surface area contributed by atoms with E-state index in [1.165, 1.54) is 17.2 Å². The summed E-state index contributed by atoms with van der Waals surface area (Å²) in [5, 5.41) is 3.28. The van der Waals surface area contributed by atoms with Gasteiger partial charge < -0.3 is 10.1 Å². The molecule has 1 fully saturated rings. The van der Waals surface area contributed by atoms with Crippen molar-refractivity contribution in [3.05, 3.63) is 76.9 Å². The second-order valence-electron chi connectivity index (χ2n) is 7.24. The number of aromatic nitrogens is 2. The first-order valence-corrected chi connectivity index (χ1v) is 9.52. The average molecular weight is 373 g/mol. The van der Waals surface area contributed by atoms with E-state index in [-0.39, 0.29) is 5.82 Å². The Morgan fingerprint density at radius 1 is 1.07 bits per heavy atom. The molecule has 3 aromatic rings. The molecule has 2 aliphatic rings. The summed E-state index contributed by atoms with van der Waals surface area (Å²) in [7, 11) is 0. The molecule has 1 aliphatic heterocycles. The van der Waals surface area contributed by atoms with Gasteiger partial charge in [-0.2, -0.15) is 0 Å². The van der Waals surface area contributed by atoms with E-state index < -0.39 is 0 Å². The molecule has 0 amide bonds. The van der Waals surface area contributed by atoms with Crippen LogP contribution in [-0.4, -0.2) is 16.6 Å². The third-order valence-electron chi connectivity index (χ3n) is 5.21. The predicted octanol–water partition coefficient (Wildman–Crippen LogP) is 5.14. The van der Waals surface area contributed by atoms with Gasteiger partial charge >= 0.3 is 0 Å². The van der Waals surface area contributed by atoms with Crippen molar-refractivity contribution in [2.75, 3.05) is 11.9 Å². The van der Waals surface area contributed by atoms with E-state index in [2.05, 4.69) is 34.3 Å². The van der Waals surface area contributed by atoms with E-state index in [0.717, 1.165) is 54.1 Å². The standard InChI is InChI=1S/C23H20FN3O/c1-14-10-21-16(8-9-28-21)11-18(14)20-12-26-22(13-25-20)27-23(15-6-7-15)17-4-2-3-5-19(17)24/h2-5,10-13H,6-9H2,1H3,(H,26,27). The molecule has 0 atom stereocenters. The minimum atomic E-state index is -0.232. The zero-order chi connectivity index (χ0) is 19.1. The quantitative estimate of drug-likeness (QED) is 0.688. The Morgan fingerprint density at radius 3 is 2.68 bits per heavy atom. The summed E-state index contributed by atoms with van der Waals surface area (Å²) in [6.45, 7) is 2.79. The highest BCUT2D eigenvalue weighted by Crippen LogP contribution is 2.37. The SMILES string of the molecule is Cc1cc2c(cc1-c1cnc(NC(=C3CC3)c3ccccc3F)cn1)CCO2. The number of allylic oxidation sites excluding steroid dienone is 1. The van der Waals surface area contributed by atoms with Gasteiger partial charge in [-0.3, -0.25) is 4.98 Å². The summed E-state index contributed by atoms with van der Waals surface area (Å²) in [5.74, 6) is 1.35. The first-order valence-electron chi connectivity index (χ1n) is 9.52. The number of halogens is 1. The van der Waals surface area contributed by atoms with Crippen LogP contribution >= 0.6 is 0 Å². The van der Waals surface area contributed by atoms with Crippen LogP contribution in [0.15, 0.2) is 54.4 Å². The molecule has 5 heteroatoms. The Balaban J connectivity index is 1.43. The van der Waals surface area contributed by atoms with E-state index in [1.807, 2.05) is 6.07 Å². The molecule has 0 bridgehead atoms. The van der Waals surface area contributed by atoms with Crippen LogP contribution in [-0.2, 0) is 6.42 Å². The smallest absolute Gasteiger partial charge is 0.148 e. The fourth-order valence-corrected chi connectivity index (χ4v) is 3.59. The number of fused-ring (bicyclic) bond motifs is 1. The topological polar surface area (TPSA) is 47.0 Å². The van der Waals surface area contributed by atoms with Crippen molar-refractivity contribution >= 4 is 11.5 Å². The van der Waals surface area contributed by atoms with E-state index in [4.69, 9.17) is 4.74 Å².